The molecule has 3 aromatic carbocycles. The average Bonchev–Trinajstić information content (AvgIpc) is 3.55. The van der Waals surface area contributed by atoms with Gasteiger partial charge in [-0.2, -0.15) is 0 Å². The molecule has 8 nitrogen and oxygen atoms in total. The topological polar surface area (TPSA) is 118 Å². The maximum Gasteiger partial charge on any atom is 0.132 e. The van der Waals surface area contributed by atoms with E-state index < -0.39 is 53.6 Å². The predicted molar refractivity (Wildman–Crippen MR) is 181 cm³/mol. The highest BCUT2D eigenvalue weighted by Crippen LogP contribution is 2.37. The Bertz CT molecular complexity index is 1580. The smallest absolute Gasteiger partial charge is 0.132 e. The Morgan fingerprint density at radius 3 is 2.52 bits per heavy atom. The highest BCUT2D eigenvalue weighted by atomic mass is 32.2. The van der Waals surface area contributed by atoms with E-state index in [1.54, 1.807) is 6.26 Å². The van der Waals surface area contributed by atoms with Crippen LogP contribution in [0.2, 0.25) is 0 Å². The van der Waals surface area contributed by atoms with Crippen molar-refractivity contribution < 1.29 is 38.3 Å². The fourth-order valence-corrected chi connectivity index (χ4v) is 8.01. The molecule has 3 aliphatic rings. The van der Waals surface area contributed by atoms with Crippen LogP contribution < -0.4 is 10.5 Å². The minimum Gasteiger partial charge on any atom is -0.489 e. The summed E-state index contributed by atoms with van der Waals surface area (Å²) in [6.45, 7) is 6.11. The summed E-state index contributed by atoms with van der Waals surface area (Å²) in [7, 11) is 0. The number of likely N-dealkylation sites (tertiary alicyclic amines) is 1. The molecule has 6 rings (SSSR count). The maximum absolute atomic E-state index is 14.4. The number of thioether (sulfide) groups is 1. The average molecular weight is 685 g/mol. The number of rotatable bonds is 9. The van der Waals surface area contributed by atoms with Crippen LogP contribution in [-0.4, -0.2) is 88.1 Å². The first-order valence-electron chi connectivity index (χ1n) is 16.7. The van der Waals surface area contributed by atoms with E-state index in [9.17, 15) is 24.1 Å². The first-order chi connectivity index (χ1) is 23.1. The lowest BCUT2D eigenvalue weighted by atomic mass is 9.90. The molecule has 0 amide bonds. The van der Waals surface area contributed by atoms with Crippen molar-refractivity contribution in [2.45, 2.75) is 93.7 Å². The molecule has 48 heavy (non-hydrogen) atoms. The van der Waals surface area contributed by atoms with Gasteiger partial charge in [0.1, 0.15) is 59.4 Å². The van der Waals surface area contributed by atoms with Crippen LogP contribution >= 0.6 is 11.8 Å². The summed E-state index contributed by atoms with van der Waals surface area (Å²) in [4.78, 5) is 2.32. The number of nitrogens with two attached hydrogens (primary N) is 1. The molecule has 0 radical (unpaired) electrons. The molecule has 9 atom stereocenters. The van der Waals surface area contributed by atoms with Gasteiger partial charge in [0.25, 0.3) is 0 Å². The highest BCUT2D eigenvalue weighted by Gasteiger charge is 2.44. The van der Waals surface area contributed by atoms with Crippen molar-refractivity contribution in [3.05, 3.63) is 99.6 Å². The third-order valence-corrected chi connectivity index (χ3v) is 10.9. The van der Waals surface area contributed by atoms with E-state index in [1.807, 2.05) is 31.2 Å². The van der Waals surface area contributed by atoms with Crippen molar-refractivity contribution in [1.82, 2.24) is 4.90 Å². The number of hydrogen-bond acceptors (Lipinski definition) is 9. The molecule has 3 fully saturated rings. The van der Waals surface area contributed by atoms with Gasteiger partial charge in [-0.25, -0.2) is 8.78 Å². The van der Waals surface area contributed by atoms with Crippen LogP contribution in [-0.2, 0) is 22.3 Å². The Morgan fingerprint density at radius 2 is 1.79 bits per heavy atom. The van der Waals surface area contributed by atoms with E-state index >= 15 is 0 Å². The number of aliphatic hydroxyl groups excluding tert-OH is 3. The molecule has 0 spiro atoms. The number of nitrogens with zero attached hydrogens (tertiary/aromatic N) is 1. The van der Waals surface area contributed by atoms with Crippen molar-refractivity contribution in [2.75, 3.05) is 26.0 Å². The third kappa shape index (κ3) is 7.44. The second-order valence-corrected chi connectivity index (χ2v) is 14.2. The van der Waals surface area contributed by atoms with Crippen LogP contribution in [0.1, 0.15) is 65.4 Å². The van der Waals surface area contributed by atoms with Crippen molar-refractivity contribution in [3.8, 4) is 5.75 Å². The molecule has 3 aromatic rings. The van der Waals surface area contributed by atoms with E-state index in [2.05, 4.69) is 24.0 Å². The summed E-state index contributed by atoms with van der Waals surface area (Å²) in [6, 6.07) is 15.3. The van der Waals surface area contributed by atoms with E-state index in [4.69, 9.17) is 19.9 Å². The molecule has 0 bridgehead atoms. The standard InChI is InChI=1S/C37H46F2N2O6S/c1-4-22-6-7-23(35-33(43)32(42)34(44)37(47-35)48-3)15-24(22)14-21-5-10-31(20(2)13-21)46-27-11-12-41(18-27)26-17-30(40)36(45-19-26)28-16-25(38)8-9-29(28)39/h5-10,13,15-16,26-27,30,32-37,42-44H,4,11-12,14,17-19,40H2,1-3H3/t26?,27-,30+,32-,33-,34+,35+,36-,37-/m1/s1. The molecule has 1 unspecified atom stereocenters. The summed E-state index contributed by atoms with van der Waals surface area (Å²) < 4.78 is 46.6. The number of benzene rings is 3. The number of ether oxygens (including phenoxy) is 3. The SMILES string of the molecule is CCc1ccc([C@@H]2O[C@H](SC)[C@@H](O)[C@H](O)[C@H]2O)cc1Cc1ccc(O[C@@H]2CCN(C3CO[C@H](c4cc(F)ccc4F)[C@@H](N)C3)C2)c(C)c1. The number of hydrogen-bond donors (Lipinski definition) is 4. The van der Waals surface area contributed by atoms with Gasteiger partial charge >= 0.3 is 0 Å². The Balaban J connectivity index is 1.07. The molecule has 0 aromatic heterocycles. The minimum atomic E-state index is -1.30. The van der Waals surface area contributed by atoms with Gasteiger partial charge in [-0.3, -0.25) is 4.90 Å². The third-order valence-electron chi connectivity index (χ3n) is 10.0. The fourth-order valence-electron chi connectivity index (χ4n) is 7.34. The molecule has 3 saturated heterocycles. The molecular formula is C37H46F2N2O6S. The fraction of sp³-hybridized carbons (Fsp3) is 0.514. The first kappa shape index (κ1) is 35.2. The van der Waals surface area contributed by atoms with Gasteiger partial charge in [-0.1, -0.05) is 37.3 Å². The maximum atomic E-state index is 14.4. The van der Waals surface area contributed by atoms with Gasteiger partial charge in [-0.05, 0) is 90.9 Å². The van der Waals surface area contributed by atoms with Crippen molar-refractivity contribution >= 4 is 11.8 Å². The van der Waals surface area contributed by atoms with Gasteiger partial charge in [0, 0.05) is 30.7 Å². The molecule has 5 N–H and O–H groups in total. The Kier molecular flexibility index (Phi) is 11.1. The molecule has 0 saturated carbocycles. The minimum absolute atomic E-state index is 0.00781. The molecule has 3 aliphatic heterocycles. The van der Waals surface area contributed by atoms with Crippen LogP contribution in [0.5, 0.6) is 5.75 Å². The van der Waals surface area contributed by atoms with Gasteiger partial charge < -0.3 is 35.3 Å². The lowest BCUT2D eigenvalue weighted by Crippen LogP contribution is -2.52. The van der Waals surface area contributed by atoms with Gasteiger partial charge in [0.2, 0.25) is 0 Å². The molecule has 0 aliphatic carbocycles. The lowest BCUT2D eigenvalue weighted by Gasteiger charge is -2.40. The molecule has 260 valence electrons. The zero-order valence-electron chi connectivity index (χ0n) is 27.6. The number of halogens is 2. The lowest BCUT2D eigenvalue weighted by molar-refractivity contribution is -0.200. The van der Waals surface area contributed by atoms with Crippen LogP contribution in [0, 0.1) is 18.6 Å². The van der Waals surface area contributed by atoms with Crippen molar-refractivity contribution in [2.24, 2.45) is 5.73 Å². The summed E-state index contributed by atoms with van der Waals surface area (Å²) in [5.41, 5.74) is 11.2. The van der Waals surface area contributed by atoms with Gasteiger partial charge in [-0.15, -0.1) is 11.8 Å². The van der Waals surface area contributed by atoms with E-state index in [1.165, 1.54) is 23.4 Å². The molecule has 11 heteroatoms. The van der Waals surface area contributed by atoms with E-state index in [0.29, 0.717) is 19.4 Å². The van der Waals surface area contributed by atoms with Gasteiger partial charge in [0.05, 0.1) is 6.61 Å². The van der Waals surface area contributed by atoms with Crippen molar-refractivity contribution in [3.63, 3.8) is 0 Å². The van der Waals surface area contributed by atoms with Gasteiger partial charge in [0.15, 0.2) is 0 Å². The summed E-state index contributed by atoms with van der Waals surface area (Å²) >= 11 is 1.30. The quantitative estimate of drug-likeness (QED) is 0.257. The predicted octanol–water partition coefficient (Wildman–Crippen LogP) is 4.58. The summed E-state index contributed by atoms with van der Waals surface area (Å²) in [5.74, 6) is -0.181. The van der Waals surface area contributed by atoms with Crippen LogP contribution in [0.3, 0.4) is 0 Å². The molecular weight excluding hydrogens is 638 g/mol. The second kappa shape index (κ2) is 15.1. The molecule has 3 heterocycles. The first-order valence-corrected chi connectivity index (χ1v) is 18.0. The van der Waals surface area contributed by atoms with Crippen molar-refractivity contribution in [1.29, 1.82) is 0 Å². The Hall–Kier alpha value is -2.61. The van der Waals surface area contributed by atoms with E-state index in [0.717, 1.165) is 66.1 Å². The summed E-state index contributed by atoms with van der Waals surface area (Å²) in [6.07, 6.45) is -0.306. The highest BCUT2D eigenvalue weighted by molar-refractivity contribution is 7.99. The van der Waals surface area contributed by atoms with Crippen LogP contribution in [0.4, 0.5) is 8.78 Å². The number of aryl methyl sites for hydroxylation is 2. The number of aliphatic hydroxyl groups is 3. The second-order valence-electron chi connectivity index (χ2n) is 13.3. The van der Waals surface area contributed by atoms with E-state index in [-0.39, 0.29) is 17.7 Å². The van der Waals surface area contributed by atoms with Crippen LogP contribution in [0.25, 0.3) is 0 Å². The Labute approximate surface area is 285 Å². The summed E-state index contributed by atoms with van der Waals surface area (Å²) in [5, 5.41) is 31.5. The normalized spacial score (nSPS) is 31.2. The largest absolute Gasteiger partial charge is 0.489 e. The zero-order valence-corrected chi connectivity index (χ0v) is 28.4. The monoisotopic (exact) mass is 684 g/mol. The zero-order chi connectivity index (χ0) is 34.1. The van der Waals surface area contributed by atoms with Crippen LogP contribution in [0.15, 0.2) is 54.6 Å². The Morgan fingerprint density at radius 1 is 0.979 bits per heavy atom.